The van der Waals surface area contributed by atoms with E-state index in [9.17, 15) is 4.39 Å². The molecule has 1 aliphatic rings. The highest BCUT2D eigenvalue weighted by molar-refractivity contribution is 4.55. The van der Waals surface area contributed by atoms with Crippen molar-refractivity contribution in [3.05, 3.63) is 0 Å². The average Bonchev–Trinajstić information content (AvgIpc) is 2.43. The van der Waals surface area contributed by atoms with Crippen molar-refractivity contribution in [3.63, 3.8) is 0 Å². The molecule has 0 atom stereocenters. The van der Waals surface area contributed by atoms with E-state index < -0.39 is 6.86 Å². The van der Waals surface area contributed by atoms with Crippen LogP contribution < -0.4 is 5.32 Å². The van der Waals surface area contributed by atoms with Crippen molar-refractivity contribution in [1.29, 1.82) is 0 Å². The third kappa shape index (κ3) is 7.85. The molecule has 2 nitrogen and oxygen atoms in total. The largest absolute Gasteiger partial charge is 0.354 e. The number of rotatable bonds is 1. The lowest BCUT2D eigenvalue weighted by Crippen LogP contribution is -2.03. The molecule has 0 amide bonds. The van der Waals surface area contributed by atoms with Gasteiger partial charge in [0.25, 0.3) is 0 Å². The monoisotopic (exact) mass is 135 g/mol. The van der Waals surface area contributed by atoms with E-state index in [1.807, 2.05) is 0 Å². The Bertz CT molecular complexity index is 38.7. The van der Waals surface area contributed by atoms with Gasteiger partial charge in [0.2, 0.25) is 0 Å². The molecule has 0 radical (unpaired) electrons. The third-order valence-corrected chi connectivity index (χ3v) is 1.07. The quantitative estimate of drug-likeness (QED) is 0.577. The summed E-state index contributed by atoms with van der Waals surface area (Å²) in [6.45, 7) is 1.82. The molecule has 3 heteroatoms. The van der Waals surface area contributed by atoms with Gasteiger partial charge in [-0.15, -0.1) is 0 Å². The topological polar surface area (TPSA) is 21.3 Å². The molecular formula is C6H14FNO. The molecule has 1 N–H and O–H groups in total. The predicted molar refractivity (Wildman–Crippen MR) is 35.1 cm³/mol. The van der Waals surface area contributed by atoms with E-state index in [1.54, 1.807) is 0 Å². The van der Waals surface area contributed by atoms with Crippen molar-refractivity contribution < 1.29 is 9.13 Å². The Morgan fingerprint density at radius 2 is 1.89 bits per heavy atom. The van der Waals surface area contributed by atoms with Gasteiger partial charge in [-0.2, -0.15) is 0 Å². The molecule has 1 heterocycles. The Labute approximate surface area is 55.4 Å². The third-order valence-electron chi connectivity index (χ3n) is 1.07. The summed E-state index contributed by atoms with van der Waals surface area (Å²) in [5, 5.41) is 3.22. The maximum absolute atomic E-state index is 10.5. The van der Waals surface area contributed by atoms with Gasteiger partial charge in [0, 0.05) is 7.11 Å². The van der Waals surface area contributed by atoms with E-state index in [0.29, 0.717) is 0 Å². The van der Waals surface area contributed by atoms with Gasteiger partial charge in [-0.1, -0.05) is 0 Å². The lowest BCUT2D eigenvalue weighted by Gasteiger charge is -1.76. The lowest BCUT2D eigenvalue weighted by atomic mass is 10.4. The van der Waals surface area contributed by atoms with Crippen LogP contribution in [-0.4, -0.2) is 27.1 Å². The first-order valence-corrected chi connectivity index (χ1v) is 3.17. The Morgan fingerprint density at radius 3 is 2.00 bits per heavy atom. The number of nitrogens with one attached hydrogen (secondary N) is 1. The summed E-state index contributed by atoms with van der Waals surface area (Å²) >= 11 is 0. The van der Waals surface area contributed by atoms with Gasteiger partial charge in [0.1, 0.15) is 0 Å². The van der Waals surface area contributed by atoms with E-state index in [1.165, 1.54) is 33.0 Å². The van der Waals surface area contributed by atoms with E-state index in [2.05, 4.69) is 10.1 Å². The molecular weight excluding hydrogens is 121 g/mol. The van der Waals surface area contributed by atoms with Crippen molar-refractivity contribution in [3.8, 4) is 0 Å². The summed E-state index contributed by atoms with van der Waals surface area (Å²) in [7, 11) is 1.31. The first kappa shape index (κ1) is 8.85. The second-order valence-electron chi connectivity index (χ2n) is 1.85. The number of hydrogen-bond acceptors (Lipinski definition) is 2. The zero-order chi connectivity index (χ0) is 6.95. The summed E-state index contributed by atoms with van der Waals surface area (Å²) < 4.78 is 14.4. The van der Waals surface area contributed by atoms with Crippen LogP contribution >= 0.6 is 0 Å². The Hall–Kier alpha value is -0.150. The van der Waals surface area contributed by atoms with E-state index in [-0.39, 0.29) is 0 Å². The first-order valence-electron chi connectivity index (χ1n) is 3.17. The van der Waals surface area contributed by atoms with Crippen LogP contribution in [0.4, 0.5) is 4.39 Å². The molecule has 0 aromatic heterocycles. The van der Waals surface area contributed by atoms with Crippen LogP contribution in [0.15, 0.2) is 0 Å². The van der Waals surface area contributed by atoms with E-state index in [4.69, 9.17) is 0 Å². The minimum atomic E-state index is -0.681. The highest BCUT2D eigenvalue weighted by atomic mass is 19.1. The number of ether oxygens (including phenoxy) is 1. The normalized spacial score (nSPS) is 16.7. The highest BCUT2D eigenvalue weighted by Crippen LogP contribution is 1.90. The molecule has 0 bridgehead atoms. The van der Waals surface area contributed by atoms with Crippen LogP contribution in [0.3, 0.4) is 0 Å². The SMILES string of the molecule is C1CCNC1.COCF. The molecule has 1 aliphatic heterocycles. The fourth-order valence-corrected chi connectivity index (χ4v) is 0.625. The molecule has 1 saturated heterocycles. The molecule has 56 valence electrons. The first-order chi connectivity index (χ1) is 4.41. The van der Waals surface area contributed by atoms with Crippen molar-refractivity contribution in [2.75, 3.05) is 27.1 Å². The van der Waals surface area contributed by atoms with Crippen LogP contribution in [0.2, 0.25) is 0 Å². The van der Waals surface area contributed by atoms with Crippen LogP contribution in [-0.2, 0) is 4.74 Å². The van der Waals surface area contributed by atoms with E-state index in [0.717, 1.165) is 0 Å². The number of halogens is 1. The fourth-order valence-electron chi connectivity index (χ4n) is 0.625. The Kier molecular flexibility index (Phi) is 7.72. The Morgan fingerprint density at radius 1 is 1.44 bits per heavy atom. The van der Waals surface area contributed by atoms with Crippen molar-refractivity contribution >= 4 is 0 Å². The molecule has 0 spiro atoms. The smallest absolute Gasteiger partial charge is 0.187 e. The van der Waals surface area contributed by atoms with Crippen molar-refractivity contribution in [1.82, 2.24) is 5.32 Å². The van der Waals surface area contributed by atoms with Crippen LogP contribution in [0.5, 0.6) is 0 Å². The molecule has 0 aromatic rings. The predicted octanol–water partition coefficient (Wildman–Crippen LogP) is 0.930. The van der Waals surface area contributed by atoms with Gasteiger partial charge in [-0.05, 0) is 25.9 Å². The minimum absolute atomic E-state index is 0.681. The maximum atomic E-state index is 10.5. The van der Waals surface area contributed by atoms with Gasteiger partial charge < -0.3 is 10.1 Å². The summed E-state index contributed by atoms with van der Waals surface area (Å²) in [5.74, 6) is 0. The Balaban J connectivity index is 0.000000148. The van der Waals surface area contributed by atoms with Crippen LogP contribution in [0.1, 0.15) is 12.8 Å². The molecule has 9 heavy (non-hydrogen) atoms. The van der Waals surface area contributed by atoms with Crippen molar-refractivity contribution in [2.24, 2.45) is 0 Å². The van der Waals surface area contributed by atoms with Crippen molar-refractivity contribution in [2.45, 2.75) is 12.8 Å². The summed E-state index contributed by atoms with van der Waals surface area (Å²) in [4.78, 5) is 0. The standard InChI is InChI=1S/C4H9N.C2H5FO/c1-2-4-5-3-1;1-4-2-3/h5H,1-4H2;2H2,1H3. The second kappa shape index (κ2) is 7.85. The maximum Gasteiger partial charge on any atom is 0.187 e. The van der Waals surface area contributed by atoms with Gasteiger partial charge in [-0.3, -0.25) is 0 Å². The van der Waals surface area contributed by atoms with Gasteiger partial charge >= 0.3 is 0 Å². The molecule has 0 aliphatic carbocycles. The molecule has 1 fully saturated rings. The highest BCUT2D eigenvalue weighted by Gasteiger charge is 1.93. The van der Waals surface area contributed by atoms with Gasteiger partial charge in [0.15, 0.2) is 6.86 Å². The summed E-state index contributed by atoms with van der Waals surface area (Å²) in [6.07, 6.45) is 2.78. The van der Waals surface area contributed by atoms with Crippen LogP contribution in [0.25, 0.3) is 0 Å². The van der Waals surface area contributed by atoms with Gasteiger partial charge in [-0.25, -0.2) is 4.39 Å². The van der Waals surface area contributed by atoms with E-state index >= 15 is 0 Å². The molecule has 0 unspecified atom stereocenters. The molecule has 1 rings (SSSR count). The fraction of sp³-hybridized carbons (Fsp3) is 1.00. The molecule has 0 saturated carbocycles. The summed E-state index contributed by atoms with van der Waals surface area (Å²) in [5.41, 5.74) is 0. The number of methoxy groups -OCH3 is 1. The zero-order valence-electron chi connectivity index (χ0n) is 5.82. The van der Waals surface area contributed by atoms with Gasteiger partial charge in [0.05, 0.1) is 0 Å². The molecule has 0 aromatic carbocycles. The summed E-state index contributed by atoms with van der Waals surface area (Å²) in [6, 6.07) is 0. The number of alkyl halides is 1. The second-order valence-corrected chi connectivity index (χ2v) is 1.85. The number of hydrogen-bond donors (Lipinski definition) is 1. The average molecular weight is 135 g/mol. The zero-order valence-corrected chi connectivity index (χ0v) is 5.82. The minimum Gasteiger partial charge on any atom is -0.354 e. The van der Waals surface area contributed by atoms with Crippen LogP contribution in [0, 0.1) is 0 Å². The lowest BCUT2D eigenvalue weighted by molar-refractivity contribution is 0.104.